The monoisotopic (exact) mass is 522 g/mol. The predicted molar refractivity (Wildman–Crippen MR) is 145 cm³/mol. The first-order valence-corrected chi connectivity index (χ1v) is 12.2. The Labute approximate surface area is 220 Å². The Balaban J connectivity index is 1.79. The zero-order chi connectivity index (χ0) is 27.9. The van der Waals surface area contributed by atoms with Crippen LogP contribution >= 0.6 is 0 Å². The van der Waals surface area contributed by atoms with Crippen molar-refractivity contribution in [2.24, 2.45) is 11.1 Å². The average molecular weight is 523 g/mol. The van der Waals surface area contributed by atoms with Crippen molar-refractivity contribution in [3.63, 3.8) is 0 Å². The summed E-state index contributed by atoms with van der Waals surface area (Å²) >= 11 is 0. The van der Waals surface area contributed by atoms with Crippen LogP contribution in [0.2, 0.25) is 0 Å². The van der Waals surface area contributed by atoms with Crippen molar-refractivity contribution in [2.45, 2.75) is 52.6 Å². The quantitative estimate of drug-likeness (QED) is 0.299. The van der Waals surface area contributed by atoms with Crippen molar-refractivity contribution < 1.29 is 19.1 Å². The molecule has 0 aliphatic rings. The maximum Gasteiger partial charge on any atom is 0.407 e. The molecule has 0 aliphatic heterocycles. The second kappa shape index (κ2) is 12.2. The third-order valence-corrected chi connectivity index (χ3v) is 5.66. The number of hydrogen-bond acceptors (Lipinski definition) is 6. The number of carbonyl (C=O) groups is 3. The number of nitrogens with two attached hydrogens (primary N) is 1. The molecule has 0 bridgehead atoms. The number of amides is 3. The fourth-order valence-electron chi connectivity index (χ4n) is 4.00. The second-order valence-corrected chi connectivity index (χ2v) is 10.1. The van der Waals surface area contributed by atoms with Crippen LogP contribution in [0.4, 0.5) is 10.5 Å². The van der Waals surface area contributed by atoms with Gasteiger partial charge in [-0.25, -0.2) is 9.78 Å². The number of alkyl carbamates (subject to hydrolysis) is 1. The van der Waals surface area contributed by atoms with Crippen LogP contribution in [0.15, 0.2) is 53.5 Å². The van der Waals surface area contributed by atoms with E-state index in [1.165, 1.54) is 29.9 Å². The molecule has 0 radical (unpaired) electrons. The number of nitrogens with zero attached hydrogens (tertiary/aromatic N) is 2. The van der Waals surface area contributed by atoms with Crippen molar-refractivity contribution in [1.29, 1.82) is 0 Å². The molecule has 0 saturated heterocycles. The molecule has 0 saturated carbocycles. The molecule has 2 heterocycles. The molecule has 0 aliphatic carbocycles. The van der Waals surface area contributed by atoms with E-state index in [1.54, 1.807) is 12.3 Å². The molecule has 0 spiro atoms. The zero-order valence-electron chi connectivity index (χ0n) is 22.0. The van der Waals surface area contributed by atoms with E-state index in [1.807, 2.05) is 12.1 Å². The van der Waals surface area contributed by atoms with E-state index in [0.29, 0.717) is 5.82 Å². The highest BCUT2D eigenvalue weighted by Crippen LogP contribution is 2.25. The normalized spacial score (nSPS) is 12.4. The fourth-order valence-corrected chi connectivity index (χ4v) is 4.00. The molecule has 11 nitrogen and oxygen atoms in total. The van der Waals surface area contributed by atoms with Gasteiger partial charge in [-0.3, -0.25) is 14.4 Å². The third kappa shape index (κ3) is 7.79. The van der Waals surface area contributed by atoms with Gasteiger partial charge in [-0.1, -0.05) is 39.0 Å². The first-order valence-electron chi connectivity index (χ1n) is 12.2. The second-order valence-electron chi connectivity index (χ2n) is 10.1. The van der Waals surface area contributed by atoms with Gasteiger partial charge in [-0.2, -0.15) is 0 Å². The van der Waals surface area contributed by atoms with E-state index in [0.717, 1.165) is 23.0 Å². The molecular formula is C27H34N6O5. The number of H-pyrrole nitrogens is 1. The summed E-state index contributed by atoms with van der Waals surface area (Å²) in [4.78, 5) is 56.7. The average Bonchev–Trinajstić information content (AvgIpc) is 3.26. The van der Waals surface area contributed by atoms with Gasteiger partial charge in [0.05, 0.1) is 24.7 Å². The van der Waals surface area contributed by atoms with Crippen LogP contribution in [0, 0.1) is 5.41 Å². The van der Waals surface area contributed by atoms with Crippen LogP contribution in [0.1, 0.15) is 45.0 Å². The van der Waals surface area contributed by atoms with Gasteiger partial charge in [0.15, 0.2) is 0 Å². The van der Waals surface area contributed by atoms with Crippen molar-refractivity contribution >= 4 is 34.6 Å². The lowest BCUT2D eigenvalue weighted by molar-refractivity contribution is -0.118. The minimum Gasteiger partial charge on any atom is -0.453 e. The summed E-state index contributed by atoms with van der Waals surface area (Å²) in [5.74, 6) is -0.613. The molecule has 2 aromatic heterocycles. The number of para-hydroxylation sites is 1. The number of primary amides is 1. The number of benzene rings is 1. The molecule has 1 aromatic carbocycles. The largest absolute Gasteiger partial charge is 0.453 e. The number of anilines is 1. The third-order valence-electron chi connectivity index (χ3n) is 5.66. The number of aromatic amines is 1. The Kier molecular flexibility index (Phi) is 9.06. The van der Waals surface area contributed by atoms with Gasteiger partial charge in [0, 0.05) is 6.20 Å². The van der Waals surface area contributed by atoms with Crippen molar-refractivity contribution in [3.05, 3.63) is 70.4 Å². The number of allylic oxidation sites excluding steroid dienone is 1. The lowest BCUT2D eigenvalue weighted by atomic mass is 9.88. The van der Waals surface area contributed by atoms with Crippen molar-refractivity contribution in [3.8, 4) is 0 Å². The molecular weight excluding hydrogens is 488 g/mol. The molecule has 0 fully saturated rings. The lowest BCUT2D eigenvalue weighted by Gasteiger charge is -2.18. The highest BCUT2D eigenvalue weighted by atomic mass is 16.5. The standard InChI is InChI=1S/C27H34N6O5/c1-27(2,3)15-17-9-7-11-18-23(17)32-22(29-18)16-33-14-8-12-20(25(33)36)30-24(35)19(31-26(37)38-4)10-5-6-13-21(28)34/h6-9,11-14,19H,5,10,15-16H2,1-4H3,(H2,28,34)(H,29,32)(H,30,35)(H,31,37). The molecule has 1 atom stereocenters. The van der Waals surface area contributed by atoms with Crippen LogP contribution < -0.4 is 21.9 Å². The van der Waals surface area contributed by atoms with Crippen LogP contribution in [-0.4, -0.2) is 45.6 Å². The summed E-state index contributed by atoms with van der Waals surface area (Å²) < 4.78 is 6.04. The number of rotatable bonds is 10. The van der Waals surface area contributed by atoms with Crippen molar-refractivity contribution in [1.82, 2.24) is 19.9 Å². The summed E-state index contributed by atoms with van der Waals surface area (Å²) in [5, 5.41) is 5.03. The number of carbonyl (C=O) groups excluding carboxylic acids is 3. The number of ether oxygens (including phenoxy) is 1. The van der Waals surface area contributed by atoms with Gasteiger partial charge in [-0.15, -0.1) is 0 Å². The summed E-state index contributed by atoms with van der Waals surface area (Å²) in [7, 11) is 1.18. The van der Waals surface area contributed by atoms with Crippen LogP contribution in [-0.2, 0) is 27.3 Å². The molecule has 38 heavy (non-hydrogen) atoms. The molecule has 11 heteroatoms. The topological polar surface area (TPSA) is 161 Å². The number of aromatic nitrogens is 3. The highest BCUT2D eigenvalue weighted by molar-refractivity contribution is 5.96. The van der Waals surface area contributed by atoms with E-state index in [4.69, 9.17) is 10.7 Å². The van der Waals surface area contributed by atoms with Crippen LogP contribution in [0.3, 0.4) is 0 Å². The molecule has 202 valence electrons. The van der Waals surface area contributed by atoms with Crippen LogP contribution in [0.25, 0.3) is 11.0 Å². The Morgan fingerprint density at radius 1 is 1.21 bits per heavy atom. The van der Waals surface area contributed by atoms with Gasteiger partial charge < -0.3 is 30.7 Å². The fraction of sp³-hybridized carbons (Fsp3) is 0.370. The summed E-state index contributed by atoms with van der Waals surface area (Å²) in [6, 6.07) is 8.11. The van der Waals surface area contributed by atoms with Crippen LogP contribution in [0.5, 0.6) is 0 Å². The van der Waals surface area contributed by atoms with E-state index in [-0.39, 0.29) is 30.5 Å². The lowest BCUT2D eigenvalue weighted by Crippen LogP contribution is -2.44. The maximum absolute atomic E-state index is 13.1. The molecule has 3 aromatic rings. The predicted octanol–water partition coefficient (Wildman–Crippen LogP) is 2.85. The maximum atomic E-state index is 13.1. The molecule has 1 unspecified atom stereocenters. The number of fused-ring (bicyclic) bond motifs is 1. The van der Waals surface area contributed by atoms with E-state index in [9.17, 15) is 19.2 Å². The smallest absolute Gasteiger partial charge is 0.407 e. The molecule has 3 rings (SSSR count). The molecule has 3 amide bonds. The first-order chi connectivity index (χ1) is 18.0. The van der Waals surface area contributed by atoms with Gasteiger partial charge >= 0.3 is 6.09 Å². The minimum absolute atomic E-state index is 0.0476. The number of methoxy groups -OCH3 is 1. The number of nitrogens with one attached hydrogen (secondary N) is 3. The number of hydrogen-bond donors (Lipinski definition) is 4. The highest BCUT2D eigenvalue weighted by Gasteiger charge is 2.22. The van der Waals surface area contributed by atoms with Crippen molar-refractivity contribution in [2.75, 3.05) is 12.4 Å². The summed E-state index contributed by atoms with van der Waals surface area (Å²) in [6.45, 7) is 6.68. The minimum atomic E-state index is -1.01. The van der Waals surface area contributed by atoms with Gasteiger partial charge in [0.2, 0.25) is 11.8 Å². The first kappa shape index (κ1) is 28.2. The number of pyridine rings is 1. The SMILES string of the molecule is COC(=O)NC(CCC=CC(N)=O)C(=O)Nc1cccn(Cc2nc3c(CC(C)(C)C)cccc3[nH]2)c1=O. The van der Waals surface area contributed by atoms with Gasteiger partial charge in [-0.05, 0) is 54.5 Å². The van der Waals surface area contributed by atoms with E-state index < -0.39 is 29.5 Å². The van der Waals surface area contributed by atoms with Gasteiger partial charge in [0.1, 0.15) is 17.6 Å². The van der Waals surface area contributed by atoms with Gasteiger partial charge in [0.25, 0.3) is 5.56 Å². The summed E-state index contributed by atoms with van der Waals surface area (Å²) in [6.07, 6.45) is 4.78. The Hall–Kier alpha value is -4.41. The Bertz CT molecular complexity index is 1400. The Morgan fingerprint density at radius 3 is 2.66 bits per heavy atom. The molecule has 5 N–H and O–H groups in total. The van der Waals surface area contributed by atoms with E-state index >= 15 is 0 Å². The van der Waals surface area contributed by atoms with E-state index in [2.05, 4.69) is 47.2 Å². The zero-order valence-corrected chi connectivity index (χ0v) is 22.0. The Morgan fingerprint density at radius 2 is 1.97 bits per heavy atom. The number of imidazole rings is 1. The summed E-state index contributed by atoms with van der Waals surface area (Å²) in [5.41, 5.74) is 7.67.